The first-order chi connectivity index (χ1) is 13.6. The topological polar surface area (TPSA) is 76.7 Å². The van der Waals surface area contributed by atoms with Crippen LogP contribution in [0.25, 0.3) is 0 Å². The maximum absolute atomic E-state index is 12.2. The van der Waals surface area contributed by atoms with Gasteiger partial charge in [0.2, 0.25) is 0 Å². The van der Waals surface area contributed by atoms with Gasteiger partial charge in [-0.25, -0.2) is 0 Å². The summed E-state index contributed by atoms with van der Waals surface area (Å²) in [7, 11) is 0. The fourth-order valence-electron chi connectivity index (χ4n) is 2.82. The lowest BCUT2D eigenvalue weighted by Gasteiger charge is -2.12. The minimum atomic E-state index is -0.191. The summed E-state index contributed by atoms with van der Waals surface area (Å²) in [6.07, 6.45) is 2.27. The van der Waals surface area contributed by atoms with Crippen LogP contribution in [0.5, 0.6) is 5.75 Å². The number of halogens is 1. The Labute approximate surface area is 172 Å². The number of amides is 2. The molecule has 1 fully saturated rings. The summed E-state index contributed by atoms with van der Waals surface area (Å²) in [5.41, 5.74) is 1.12. The van der Waals surface area contributed by atoms with Gasteiger partial charge in [0.1, 0.15) is 12.4 Å². The van der Waals surface area contributed by atoms with Crippen LogP contribution in [0.2, 0.25) is 0 Å². The van der Waals surface area contributed by atoms with Gasteiger partial charge in [0.05, 0.1) is 6.10 Å². The molecule has 28 heavy (non-hydrogen) atoms. The normalized spacial score (nSPS) is 15.8. The number of hydrogen-bond donors (Lipinski definition) is 2. The smallest absolute Gasteiger partial charge is 0.251 e. The standard InChI is InChI=1S/C21H23BrN2O4/c22-17-7-3-15(4-8-17)20(25)23-11-12-24-21(26)16-5-9-18(10-6-16)28-14-19-2-1-13-27-19/h3-10,19H,1-2,11-14H2,(H,23,25)(H,24,26)/t19-/m0/s1. The number of carbonyl (C=O) groups excluding carboxylic acids is 2. The Morgan fingerprint density at radius 1 is 0.964 bits per heavy atom. The summed E-state index contributed by atoms with van der Waals surface area (Å²) in [5, 5.41) is 5.57. The molecule has 2 N–H and O–H groups in total. The van der Waals surface area contributed by atoms with Crippen molar-refractivity contribution in [3.8, 4) is 5.75 Å². The van der Waals surface area contributed by atoms with Crippen LogP contribution in [0.3, 0.4) is 0 Å². The second-order valence-corrected chi connectivity index (χ2v) is 7.40. The molecule has 3 rings (SSSR count). The van der Waals surface area contributed by atoms with E-state index in [-0.39, 0.29) is 17.9 Å². The maximum atomic E-state index is 12.2. The third kappa shape index (κ3) is 6.07. The van der Waals surface area contributed by atoms with Gasteiger partial charge in [0, 0.05) is 35.3 Å². The van der Waals surface area contributed by atoms with E-state index in [2.05, 4.69) is 26.6 Å². The highest BCUT2D eigenvalue weighted by molar-refractivity contribution is 9.10. The van der Waals surface area contributed by atoms with E-state index in [1.165, 1.54) is 0 Å². The van der Waals surface area contributed by atoms with Crippen LogP contribution in [0.1, 0.15) is 33.6 Å². The van der Waals surface area contributed by atoms with Gasteiger partial charge in [-0.1, -0.05) is 15.9 Å². The fourth-order valence-corrected chi connectivity index (χ4v) is 3.09. The molecule has 1 aliphatic rings. The van der Waals surface area contributed by atoms with Crippen molar-refractivity contribution in [3.05, 3.63) is 64.1 Å². The second-order valence-electron chi connectivity index (χ2n) is 6.49. The lowest BCUT2D eigenvalue weighted by molar-refractivity contribution is 0.0679. The Morgan fingerprint density at radius 3 is 2.07 bits per heavy atom. The third-order valence-corrected chi connectivity index (χ3v) is 4.91. The highest BCUT2D eigenvalue weighted by Crippen LogP contribution is 2.16. The first kappa shape index (κ1) is 20.4. The highest BCUT2D eigenvalue weighted by atomic mass is 79.9. The third-order valence-electron chi connectivity index (χ3n) is 4.38. The molecular weight excluding hydrogens is 424 g/mol. The van der Waals surface area contributed by atoms with Crippen molar-refractivity contribution < 1.29 is 19.1 Å². The van der Waals surface area contributed by atoms with Crippen molar-refractivity contribution in [1.29, 1.82) is 0 Å². The first-order valence-electron chi connectivity index (χ1n) is 9.28. The van der Waals surface area contributed by atoms with Gasteiger partial charge in [0.25, 0.3) is 11.8 Å². The monoisotopic (exact) mass is 446 g/mol. The molecule has 0 saturated carbocycles. The van der Waals surface area contributed by atoms with E-state index in [0.29, 0.717) is 36.6 Å². The summed E-state index contributed by atoms with van der Waals surface area (Å²) in [6.45, 7) is 2.03. The molecule has 2 aromatic carbocycles. The largest absolute Gasteiger partial charge is 0.491 e. The van der Waals surface area contributed by atoms with E-state index < -0.39 is 0 Å². The van der Waals surface area contributed by atoms with Gasteiger partial charge in [-0.2, -0.15) is 0 Å². The molecule has 1 heterocycles. The van der Waals surface area contributed by atoms with E-state index in [0.717, 1.165) is 23.9 Å². The molecule has 0 aliphatic carbocycles. The molecule has 1 saturated heterocycles. The van der Waals surface area contributed by atoms with Crippen LogP contribution in [-0.2, 0) is 4.74 Å². The Morgan fingerprint density at radius 2 is 1.54 bits per heavy atom. The van der Waals surface area contributed by atoms with Crippen molar-refractivity contribution in [1.82, 2.24) is 10.6 Å². The Hall–Kier alpha value is -2.38. The van der Waals surface area contributed by atoms with E-state index >= 15 is 0 Å². The van der Waals surface area contributed by atoms with Gasteiger partial charge in [-0.3, -0.25) is 9.59 Å². The van der Waals surface area contributed by atoms with Gasteiger partial charge in [-0.15, -0.1) is 0 Å². The van der Waals surface area contributed by atoms with Crippen molar-refractivity contribution in [2.75, 3.05) is 26.3 Å². The fraction of sp³-hybridized carbons (Fsp3) is 0.333. The SMILES string of the molecule is O=C(NCCNC(=O)c1ccc(OC[C@@H]2CCCO2)cc1)c1ccc(Br)cc1. The molecule has 1 aliphatic heterocycles. The van der Waals surface area contributed by atoms with E-state index in [9.17, 15) is 9.59 Å². The van der Waals surface area contributed by atoms with Crippen molar-refractivity contribution in [2.24, 2.45) is 0 Å². The summed E-state index contributed by atoms with van der Waals surface area (Å²) in [5.74, 6) is 0.354. The molecule has 2 aromatic rings. The zero-order valence-electron chi connectivity index (χ0n) is 15.4. The Kier molecular flexibility index (Phi) is 7.45. The van der Waals surface area contributed by atoms with Crippen molar-refractivity contribution >= 4 is 27.7 Å². The summed E-state index contributed by atoms with van der Waals surface area (Å²) < 4.78 is 12.1. The molecule has 7 heteroatoms. The molecule has 0 aromatic heterocycles. The van der Waals surface area contributed by atoms with Crippen LogP contribution >= 0.6 is 15.9 Å². The van der Waals surface area contributed by atoms with Gasteiger partial charge in [-0.05, 0) is 61.4 Å². The number of ether oxygens (including phenoxy) is 2. The molecule has 0 spiro atoms. The molecule has 6 nitrogen and oxygen atoms in total. The van der Waals surface area contributed by atoms with Crippen LogP contribution in [0, 0.1) is 0 Å². The number of rotatable bonds is 8. The van der Waals surface area contributed by atoms with Crippen LogP contribution in [0.15, 0.2) is 53.0 Å². The molecule has 0 radical (unpaired) electrons. The minimum absolute atomic E-state index is 0.163. The van der Waals surface area contributed by atoms with E-state index in [4.69, 9.17) is 9.47 Å². The predicted octanol–water partition coefficient (Wildman–Crippen LogP) is 3.17. The summed E-state index contributed by atoms with van der Waals surface area (Å²) in [6, 6.07) is 14.1. The summed E-state index contributed by atoms with van der Waals surface area (Å²) >= 11 is 3.33. The number of nitrogens with one attached hydrogen (secondary N) is 2. The van der Waals surface area contributed by atoms with Gasteiger partial charge >= 0.3 is 0 Å². The van der Waals surface area contributed by atoms with Crippen LogP contribution in [0.4, 0.5) is 0 Å². The average molecular weight is 447 g/mol. The molecule has 148 valence electrons. The Bertz CT molecular complexity index is 787. The maximum Gasteiger partial charge on any atom is 0.251 e. The van der Waals surface area contributed by atoms with Crippen molar-refractivity contribution in [2.45, 2.75) is 18.9 Å². The lowest BCUT2D eigenvalue weighted by atomic mass is 10.2. The van der Waals surface area contributed by atoms with Gasteiger partial charge < -0.3 is 20.1 Å². The van der Waals surface area contributed by atoms with Crippen LogP contribution in [-0.4, -0.2) is 44.2 Å². The first-order valence-corrected chi connectivity index (χ1v) is 10.1. The molecule has 2 amide bonds. The summed E-state index contributed by atoms with van der Waals surface area (Å²) in [4.78, 5) is 24.2. The molecule has 1 atom stereocenters. The zero-order valence-corrected chi connectivity index (χ0v) is 17.0. The molecule has 0 unspecified atom stereocenters. The zero-order chi connectivity index (χ0) is 19.8. The minimum Gasteiger partial charge on any atom is -0.491 e. The van der Waals surface area contributed by atoms with Crippen molar-refractivity contribution in [3.63, 3.8) is 0 Å². The number of hydrogen-bond acceptors (Lipinski definition) is 4. The quantitative estimate of drug-likeness (QED) is 0.610. The number of benzene rings is 2. The predicted molar refractivity (Wildman–Crippen MR) is 110 cm³/mol. The average Bonchev–Trinajstić information content (AvgIpc) is 3.24. The molecule has 0 bridgehead atoms. The van der Waals surface area contributed by atoms with E-state index in [1.54, 1.807) is 36.4 Å². The second kappa shape index (κ2) is 10.2. The van der Waals surface area contributed by atoms with E-state index in [1.807, 2.05) is 12.1 Å². The Balaban J connectivity index is 1.37. The lowest BCUT2D eigenvalue weighted by Crippen LogP contribution is -2.34. The highest BCUT2D eigenvalue weighted by Gasteiger charge is 2.16. The molecular formula is C21H23BrN2O4. The number of carbonyl (C=O) groups is 2. The van der Waals surface area contributed by atoms with Gasteiger partial charge in [0.15, 0.2) is 0 Å². The van der Waals surface area contributed by atoms with Crippen LogP contribution < -0.4 is 15.4 Å².